The van der Waals surface area contributed by atoms with E-state index in [4.69, 9.17) is 4.74 Å². The molecule has 0 radical (unpaired) electrons. The Labute approximate surface area is 179 Å². The standard InChI is InChI=1S/C21H25N5O3S/c1-7-29-20(28)17-13(4)18(22-14(17)5)19(27)15(6)30-21-23-24-25-26(21)16-9-8-11(2)12(3)10-16/h8-10,15,22H,7H2,1-6H3. The minimum absolute atomic E-state index is 0.134. The van der Waals surface area contributed by atoms with Crippen LogP contribution in [0, 0.1) is 27.7 Å². The number of nitrogens with zero attached hydrogens (tertiary/aromatic N) is 4. The van der Waals surface area contributed by atoms with Crippen molar-refractivity contribution < 1.29 is 14.3 Å². The third kappa shape index (κ3) is 4.16. The summed E-state index contributed by atoms with van der Waals surface area (Å²) in [6.07, 6.45) is 0. The SMILES string of the molecule is CCOC(=O)c1c(C)[nH]c(C(=O)C(C)Sc2nnnn2-c2ccc(C)c(C)c2)c1C. The molecule has 3 aromatic rings. The van der Waals surface area contributed by atoms with Gasteiger partial charge in [-0.2, -0.15) is 4.68 Å². The van der Waals surface area contributed by atoms with E-state index in [1.165, 1.54) is 17.3 Å². The van der Waals surface area contributed by atoms with Gasteiger partial charge in [0.05, 0.1) is 28.8 Å². The Balaban J connectivity index is 1.84. The van der Waals surface area contributed by atoms with Crippen LogP contribution in [0.15, 0.2) is 23.4 Å². The molecule has 0 spiro atoms. The third-order valence-corrected chi connectivity index (χ3v) is 6.02. The highest BCUT2D eigenvalue weighted by Gasteiger charge is 2.27. The first-order valence-corrected chi connectivity index (χ1v) is 10.6. The van der Waals surface area contributed by atoms with E-state index < -0.39 is 11.2 Å². The Morgan fingerprint density at radius 2 is 1.93 bits per heavy atom. The highest BCUT2D eigenvalue weighted by atomic mass is 32.2. The van der Waals surface area contributed by atoms with Gasteiger partial charge in [-0.25, -0.2) is 4.79 Å². The number of ether oxygens (including phenoxy) is 1. The number of aromatic nitrogens is 5. The van der Waals surface area contributed by atoms with E-state index in [9.17, 15) is 9.59 Å². The van der Waals surface area contributed by atoms with E-state index in [0.717, 1.165) is 11.3 Å². The van der Waals surface area contributed by atoms with Crippen LogP contribution in [0.3, 0.4) is 0 Å². The van der Waals surface area contributed by atoms with Gasteiger partial charge in [0.1, 0.15) is 0 Å². The van der Waals surface area contributed by atoms with Gasteiger partial charge in [-0.3, -0.25) is 4.79 Å². The number of aryl methyl sites for hydroxylation is 3. The summed E-state index contributed by atoms with van der Waals surface area (Å²) in [5, 5.41) is 12.0. The maximum absolute atomic E-state index is 13.1. The monoisotopic (exact) mass is 427 g/mol. The molecule has 9 heteroatoms. The molecule has 0 amide bonds. The number of Topliss-reactive ketones (excluding diaryl/α,β-unsaturated/α-hetero) is 1. The number of carbonyl (C=O) groups excluding carboxylic acids is 2. The lowest BCUT2D eigenvalue weighted by Gasteiger charge is -2.11. The lowest BCUT2D eigenvalue weighted by atomic mass is 10.1. The zero-order chi connectivity index (χ0) is 22.0. The fraction of sp³-hybridized carbons (Fsp3) is 0.381. The van der Waals surface area contributed by atoms with Crippen molar-refractivity contribution in [2.45, 2.75) is 51.9 Å². The van der Waals surface area contributed by atoms with Crippen molar-refractivity contribution in [3.05, 3.63) is 51.8 Å². The summed E-state index contributed by atoms with van der Waals surface area (Å²) in [6, 6.07) is 5.96. The van der Waals surface area contributed by atoms with Crippen molar-refractivity contribution in [1.82, 2.24) is 25.2 Å². The average Bonchev–Trinajstić information content (AvgIpc) is 3.27. The number of nitrogens with one attached hydrogen (secondary N) is 1. The van der Waals surface area contributed by atoms with Gasteiger partial charge in [0.15, 0.2) is 5.78 Å². The molecule has 3 rings (SSSR count). The molecule has 0 aliphatic heterocycles. The van der Waals surface area contributed by atoms with Gasteiger partial charge in [0.2, 0.25) is 5.16 Å². The molecule has 0 saturated carbocycles. The molecule has 1 unspecified atom stereocenters. The van der Waals surface area contributed by atoms with Gasteiger partial charge in [-0.1, -0.05) is 17.8 Å². The second-order valence-electron chi connectivity index (χ2n) is 7.11. The Bertz CT molecular complexity index is 1100. The second-order valence-corrected chi connectivity index (χ2v) is 8.42. The Hall–Kier alpha value is -2.94. The van der Waals surface area contributed by atoms with Crippen LogP contribution < -0.4 is 0 Å². The number of hydrogen-bond donors (Lipinski definition) is 1. The average molecular weight is 428 g/mol. The first-order valence-electron chi connectivity index (χ1n) is 9.67. The fourth-order valence-electron chi connectivity index (χ4n) is 3.19. The Kier molecular flexibility index (Phi) is 6.40. The molecule has 2 heterocycles. The number of H-pyrrole nitrogens is 1. The van der Waals surface area contributed by atoms with Crippen molar-refractivity contribution in [1.29, 1.82) is 0 Å². The van der Waals surface area contributed by atoms with E-state index in [2.05, 4.69) is 20.5 Å². The molecule has 8 nitrogen and oxygen atoms in total. The zero-order valence-electron chi connectivity index (χ0n) is 17.9. The van der Waals surface area contributed by atoms with Crippen LogP contribution in [0.1, 0.15) is 57.1 Å². The lowest BCUT2D eigenvalue weighted by molar-refractivity contribution is 0.0525. The number of carbonyl (C=O) groups is 2. The highest BCUT2D eigenvalue weighted by Crippen LogP contribution is 2.28. The number of esters is 1. The quantitative estimate of drug-likeness (QED) is 0.348. The van der Waals surface area contributed by atoms with Gasteiger partial charge >= 0.3 is 5.97 Å². The molecular formula is C21H25N5O3S. The third-order valence-electron chi connectivity index (χ3n) is 4.99. The molecule has 2 aromatic heterocycles. The molecule has 1 atom stereocenters. The van der Waals surface area contributed by atoms with Crippen LogP contribution in [0.25, 0.3) is 5.69 Å². The van der Waals surface area contributed by atoms with Crippen molar-refractivity contribution >= 4 is 23.5 Å². The number of hydrogen-bond acceptors (Lipinski definition) is 7. The number of benzene rings is 1. The van der Waals surface area contributed by atoms with E-state index in [1.54, 1.807) is 32.4 Å². The summed E-state index contributed by atoms with van der Waals surface area (Å²) >= 11 is 1.27. The molecule has 1 N–H and O–H groups in total. The molecule has 0 aliphatic rings. The first kappa shape index (κ1) is 21.8. The maximum atomic E-state index is 13.1. The van der Waals surface area contributed by atoms with Gasteiger partial charge in [-0.15, -0.1) is 5.10 Å². The summed E-state index contributed by atoms with van der Waals surface area (Å²) in [7, 11) is 0. The van der Waals surface area contributed by atoms with Crippen LogP contribution in [0.4, 0.5) is 0 Å². The van der Waals surface area contributed by atoms with Crippen molar-refractivity contribution in [3.63, 3.8) is 0 Å². The molecule has 1 aromatic carbocycles. The predicted octanol–water partition coefficient (Wildman–Crippen LogP) is 3.76. The van der Waals surface area contributed by atoms with E-state index in [0.29, 0.717) is 27.7 Å². The summed E-state index contributed by atoms with van der Waals surface area (Å²) < 4.78 is 6.73. The highest BCUT2D eigenvalue weighted by molar-refractivity contribution is 8.00. The molecule has 0 aliphatic carbocycles. The maximum Gasteiger partial charge on any atom is 0.340 e. The Morgan fingerprint density at radius 1 is 1.20 bits per heavy atom. The predicted molar refractivity (Wildman–Crippen MR) is 115 cm³/mol. The minimum Gasteiger partial charge on any atom is -0.462 e. The van der Waals surface area contributed by atoms with Crippen molar-refractivity contribution in [3.8, 4) is 5.69 Å². The summed E-state index contributed by atoms with van der Waals surface area (Å²) in [4.78, 5) is 28.4. The molecule has 158 valence electrons. The normalized spacial score (nSPS) is 12.1. The van der Waals surface area contributed by atoms with E-state index in [1.807, 2.05) is 32.0 Å². The van der Waals surface area contributed by atoms with Crippen molar-refractivity contribution in [2.75, 3.05) is 6.61 Å². The van der Waals surface area contributed by atoms with Crippen LogP contribution in [0.5, 0.6) is 0 Å². The number of tetrazole rings is 1. The molecule has 0 bridgehead atoms. The molecular weight excluding hydrogens is 402 g/mol. The van der Waals surface area contributed by atoms with E-state index in [-0.39, 0.29) is 12.4 Å². The molecule has 0 saturated heterocycles. The topological polar surface area (TPSA) is 103 Å². The van der Waals surface area contributed by atoms with E-state index >= 15 is 0 Å². The summed E-state index contributed by atoms with van der Waals surface area (Å²) in [5.41, 5.74) is 5.18. The zero-order valence-corrected chi connectivity index (χ0v) is 18.8. The number of ketones is 1. The van der Waals surface area contributed by atoms with Crippen LogP contribution >= 0.6 is 11.8 Å². The molecule has 30 heavy (non-hydrogen) atoms. The lowest BCUT2D eigenvalue weighted by Crippen LogP contribution is -2.16. The van der Waals surface area contributed by atoms with Crippen molar-refractivity contribution in [2.24, 2.45) is 0 Å². The summed E-state index contributed by atoms with van der Waals surface area (Å²) in [5.74, 6) is -0.562. The summed E-state index contributed by atoms with van der Waals surface area (Å²) in [6.45, 7) is 11.4. The van der Waals surface area contributed by atoms with Gasteiger partial charge in [-0.05, 0) is 80.8 Å². The van der Waals surface area contributed by atoms with Crippen LogP contribution in [-0.2, 0) is 4.74 Å². The number of thioether (sulfide) groups is 1. The largest absolute Gasteiger partial charge is 0.462 e. The Morgan fingerprint density at radius 3 is 2.60 bits per heavy atom. The molecule has 0 fully saturated rings. The van der Waals surface area contributed by atoms with Crippen LogP contribution in [-0.4, -0.2) is 48.8 Å². The number of rotatable bonds is 7. The number of aromatic amines is 1. The fourth-order valence-corrected chi connectivity index (χ4v) is 4.06. The minimum atomic E-state index is -0.465. The second kappa shape index (κ2) is 8.83. The van der Waals surface area contributed by atoms with Crippen LogP contribution in [0.2, 0.25) is 0 Å². The smallest absolute Gasteiger partial charge is 0.340 e. The van der Waals surface area contributed by atoms with Gasteiger partial charge in [0, 0.05) is 5.69 Å². The van der Waals surface area contributed by atoms with Gasteiger partial charge < -0.3 is 9.72 Å². The van der Waals surface area contributed by atoms with Gasteiger partial charge in [0.25, 0.3) is 0 Å². The first-order chi connectivity index (χ1) is 14.2.